The van der Waals surface area contributed by atoms with Gasteiger partial charge in [0.2, 0.25) is 0 Å². The number of hydrogen-bond acceptors (Lipinski definition) is 5. The third-order valence-corrected chi connectivity index (χ3v) is 3.20. The fourth-order valence-electron chi connectivity index (χ4n) is 1.41. The molecule has 0 aromatic carbocycles. The molecule has 0 fully saturated rings. The SMILES string of the molecule is CCCCOCCOCCOCCn1ccsc1=O. The van der Waals surface area contributed by atoms with E-state index in [0.29, 0.717) is 39.6 Å². The number of nitrogens with zero attached hydrogens (tertiary/aromatic N) is 1. The second-order valence-corrected chi connectivity index (χ2v) is 4.91. The molecule has 1 aromatic heterocycles. The Morgan fingerprint density at radius 2 is 1.68 bits per heavy atom. The van der Waals surface area contributed by atoms with Crippen LogP contribution in [-0.4, -0.2) is 44.2 Å². The van der Waals surface area contributed by atoms with Gasteiger partial charge < -0.3 is 18.8 Å². The lowest BCUT2D eigenvalue weighted by Gasteiger charge is -2.06. The molecule has 0 aliphatic carbocycles. The number of unbranched alkanes of at least 4 members (excludes halogenated alkanes) is 1. The van der Waals surface area contributed by atoms with Gasteiger partial charge in [0.1, 0.15) is 0 Å². The fourth-order valence-corrected chi connectivity index (χ4v) is 2.02. The zero-order chi connectivity index (χ0) is 13.8. The van der Waals surface area contributed by atoms with Crippen LogP contribution >= 0.6 is 11.3 Å². The van der Waals surface area contributed by atoms with E-state index in [4.69, 9.17) is 14.2 Å². The summed E-state index contributed by atoms with van der Waals surface area (Å²) < 4.78 is 17.8. The molecule has 19 heavy (non-hydrogen) atoms. The average molecular weight is 289 g/mol. The van der Waals surface area contributed by atoms with E-state index >= 15 is 0 Å². The van der Waals surface area contributed by atoms with Crippen molar-refractivity contribution in [2.24, 2.45) is 0 Å². The minimum absolute atomic E-state index is 0.0593. The summed E-state index contributed by atoms with van der Waals surface area (Å²) in [7, 11) is 0. The van der Waals surface area contributed by atoms with Crippen LogP contribution in [-0.2, 0) is 20.8 Å². The van der Waals surface area contributed by atoms with Crippen molar-refractivity contribution in [1.82, 2.24) is 4.57 Å². The molecule has 0 spiro atoms. The van der Waals surface area contributed by atoms with Crippen LogP contribution in [0.2, 0.25) is 0 Å². The first-order chi connectivity index (χ1) is 9.34. The molecule has 0 aliphatic rings. The highest BCUT2D eigenvalue weighted by Crippen LogP contribution is 1.90. The fraction of sp³-hybridized carbons (Fsp3) is 0.769. The molecule has 0 saturated carbocycles. The number of rotatable bonds is 12. The Hall–Kier alpha value is -0.690. The quantitative estimate of drug-likeness (QED) is 0.550. The van der Waals surface area contributed by atoms with Crippen LogP contribution in [0.3, 0.4) is 0 Å². The van der Waals surface area contributed by atoms with Crippen molar-refractivity contribution >= 4 is 11.3 Å². The highest BCUT2D eigenvalue weighted by Gasteiger charge is 1.96. The van der Waals surface area contributed by atoms with Gasteiger partial charge in [0.25, 0.3) is 0 Å². The summed E-state index contributed by atoms with van der Waals surface area (Å²) in [5.74, 6) is 0. The molecule has 0 bridgehead atoms. The van der Waals surface area contributed by atoms with Gasteiger partial charge in [-0.1, -0.05) is 24.7 Å². The molecule has 0 aliphatic heterocycles. The Morgan fingerprint density at radius 3 is 2.26 bits per heavy atom. The average Bonchev–Trinajstić information content (AvgIpc) is 2.82. The molecule has 0 atom stereocenters. The zero-order valence-electron chi connectivity index (χ0n) is 11.5. The van der Waals surface area contributed by atoms with E-state index in [9.17, 15) is 4.79 Å². The molecule has 1 heterocycles. The van der Waals surface area contributed by atoms with Crippen LogP contribution in [0.25, 0.3) is 0 Å². The van der Waals surface area contributed by atoms with Gasteiger partial charge in [-0.25, -0.2) is 0 Å². The molecule has 1 rings (SSSR count). The Morgan fingerprint density at radius 1 is 1.05 bits per heavy atom. The highest BCUT2D eigenvalue weighted by molar-refractivity contribution is 7.07. The standard InChI is InChI=1S/C13H23NO4S/c1-2-3-6-16-8-10-18-11-9-17-7-4-14-5-12-19-13(14)15/h5,12H,2-4,6-11H2,1H3. The molecular formula is C13H23NO4S. The van der Waals surface area contributed by atoms with Crippen LogP contribution < -0.4 is 4.87 Å². The number of ether oxygens (including phenoxy) is 3. The highest BCUT2D eigenvalue weighted by atomic mass is 32.1. The van der Waals surface area contributed by atoms with Crippen molar-refractivity contribution < 1.29 is 14.2 Å². The van der Waals surface area contributed by atoms with Gasteiger partial charge in [-0.15, -0.1) is 0 Å². The minimum atomic E-state index is 0.0593. The lowest BCUT2D eigenvalue weighted by molar-refractivity contribution is 0.0127. The zero-order valence-corrected chi connectivity index (χ0v) is 12.3. The lowest BCUT2D eigenvalue weighted by atomic mass is 10.4. The van der Waals surface area contributed by atoms with Gasteiger partial charge in [-0.2, -0.15) is 0 Å². The minimum Gasteiger partial charge on any atom is -0.379 e. The maximum Gasteiger partial charge on any atom is 0.307 e. The van der Waals surface area contributed by atoms with E-state index in [1.54, 1.807) is 16.1 Å². The summed E-state index contributed by atoms with van der Waals surface area (Å²) in [6.07, 6.45) is 4.04. The van der Waals surface area contributed by atoms with Gasteiger partial charge in [-0.3, -0.25) is 4.79 Å². The summed E-state index contributed by atoms with van der Waals surface area (Å²) >= 11 is 1.20. The van der Waals surface area contributed by atoms with Crippen molar-refractivity contribution in [3.63, 3.8) is 0 Å². The Labute approximate surface area is 118 Å². The second-order valence-electron chi connectivity index (χ2n) is 4.05. The van der Waals surface area contributed by atoms with Crippen molar-refractivity contribution in [3.05, 3.63) is 21.2 Å². The van der Waals surface area contributed by atoms with Crippen LogP contribution in [0, 0.1) is 0 Å². The van der Waals surface area contributed by atoms with Gasteiger partial charge in [0.15, 0.2) is 0 Å². The topological polar surface area (TPSA) is 49.7 Å². The number of thiazole rings is 1. The van der Waals surface area contributed by atoms with Gasteiger partial charge in [-0.05, 0) is 6.42 Å². The normalized spacial score (nSPS) is 11.0. The third kappa shape index (κ3) is 8.15. The van der Waals surface area contributed by atoms with E-state index < -0.39 is 0 Å². The Bertz CT molecular complexity index is 364. The molecule has 6 heteroatoms. The van der Waals surface area contributed by atoms with Crippen LogP contribution in [0.4, 0.5) is 0 Å². The largest absolute Gasteiger partial charge is 0.379 e. The molecule has 0 N–H and O–H groups in total. The second kappa shape index (κ2) is 11.2. The van der Waals surface area contributed by atoms with Crippen LogP contribution in [0.5, 0.6) is 0 Å². The van der Waals surface area contributed by atoms with E-state index in [1.807, 2.05) is 0 Å². The predicted octanol–water partition coefficient (Wildman–Crippen LogP) is 1.76. The van der Waals surface area contributed by atoms with E-state index in [2.05, 4.69) is 6.92 Å². The maximum atomic E-state index is 11.2. The predicted molar refractivity (Wildman–Crippen MR) is 75.9 cm³/mol. The number of hydrogen-bond donors (Lipinski definition) is 0. The van der Waals surface area contributed by atoms with Crippen molar-refractivity contribution in [2.45, 2.75) is 26.3 Å². The van der Waals surface area contributed by atoms with E-state index in [-0.39, 0.29) is 4.87 Å². The molecule has 110 valence electrons. The first-order valence-electron chi connectivity index (χ1n) is 6.71. The maximum absolute atomic E-state index is 11.2. The lowest BCUT2D eigenvalue weighted by Crippen LogP contribution is -2.17. The molecule has 1 aromatic rings. The number of aromatic nitrogens is 1. The molecule has 5 nitrogen and oxygen atoms in total. The monoisotopic (exact) mass is 289 g/mol. The van der Waals surface area contributed by atoms with Gasteiger partial charge >= 0.3 is 4.87 Å². The first kappa shape index (κ1) is 16.4. The van der Waals surface area contributed by atoms with Crippen molar-refractivity contribution in [3.8, 4) is 0 Å². The molecule has 0 radical (unpaired) electrons. The summed E-state index contributed by atoms with van der Waals surface area (Å²) in [5, 5.41) is 1.78. The molecule has 0 saturated heterocycles. The Balaban J connectivity index is 1.81. The molecule has 0 unspecified atom stereocenters. The van der Waals surface area contributed by atoms with Crippen molar-refractivity contribution in [1.29, 1.82) is 0 Å². The molecular weight excluding hydrogens is 266 g/mol. The van der Waals surface area contributed by atoms with Gasteiger partial charge in [0, 0.05) is 24.7 Å². The van der Waals surface area contributed by atoms with Crippen LogP contribution in [0.1, 0.15) is 19.8 Å². The smallest absolute Gasteiger partial charge is 0.307 e. The van der Waals surface area contributed by atoms with E-state index in [1.165, 1.54) is 11.3 Å². The Kier molecular flexibility index (Phi) is 9.61. The summed E-state index contributed by atoms with van der Waals surface area (Å²) in [5.41, 5.74) is 0. The first-order valence-corrected chi connectivity index (χ1v) is 7.59. The summed E-state index contributed by atoms with van der Waals surface area (Å²) in [4.78, 5) is 11.3. The summed E-state index contributed by atoms with van der Waals surface area (Å²) in [6.45, 7) is 6.45. The van der Waals surface area contributed by atoms with Crippen LogP contribution in [0.15, 0.2) is 16.4 Å². The third-order valence-electron chi connectivity index (χ3n) is 2.51. The van der Waals surface area contributed by atoms with Gasteiger partial charge in [0.05, 0.1) is 33.0 Å². The summed E-state index contributed by atoms with van der Waals surface area (Å²) in [6, 6.07) is 0. The van der Waals surface area contributed by atoms with Crippen molar-refractivity contribution in [2.75, 3.05) is 39.6 Å². The van der Waals surface area contributed by atoms with E-state index in [0.717, 1.165) is 19.4 Å². The molecule has 0 amide bonds.